The van der Waals surface area contributed by atoms with Gasteiger partial charge in [-0.2, -0.15) is 0 Å². The number of epoxide rings is 1. The summed E-state index contributed by atoms with van der Waals surface area (Å²) in [6, 6.07) is 0. The van der Waals surface area contributed by atoms with E-state index in [1.165, 1.54) is 12.8 Å². The third-order valence-corrected chi connectivity index (χ3v) is 4.47. The van der Waals surface area contributed by atoms with Crippen LogP contribution < -0.4 is 0 Å². The van der Waals surface area contributed by atoms with Crippen molar-refractivity contribution in [2.24, 2.45) is 11.8 Å². The maximum absolute atomic E-state index is 9.86. The highest BCUT2D eigenvalue weighted by molar-refractivity contribution is 5.06. The normalized spacial score (nSPS) is 41.2. The van der Waals surface area contributed by atoms with Gasteiger partial charge in [0, 0.05) is 0 Å². The molecule has 0 radical (unpaired) electrons. The molecule has 2 nitrogen and oxygen atoms in total. The average molecular weight is 238 g/mol. The number of allylic oxidation sites excluding steroid dienone is 1. The first-order chi connectivity index (χ1) is 7.80. The minimum absolute atomic E-state index is 0.131. The highest BCUT2D eigenvalue weighted by atomic mass is 16.6. The van der Waals surface area contributed by atoms with Gasteiger partial charge < -0.3 is 9.84 Å². The van der Waals surface area contributed by atoms with Crippen LogP contribution in [0.5, 0.6) is 0 Å². The Bertz CT molecular complexity index is 304. The van der Waals surface area contributed by atoms with Gasteiger partial charge in [0.15, 0.2) is 0 Å². The lowest BCUT2D eigenvalue weighted by Gasteiger charge is -2.30. The Labute approximate surface area is 105 Å². The summed E-state index contributed by atoms with van der Waals surface area (Å²) < 4.78 is 5.62. The molecule has 0 unspecified atom stereocenters. The van der Waals surface area contributed by atoms with Crippen LogP contribution in [-0.4, -0.2) is 22.4 Å². The Kier molecular flexibility index (Phi) is 3.39. The first kappa shape index (κ1) is 13.1. The zero-order valence-corrected chi connectivity index (χ0v) is 11.6. The van der Waals surface area contributed by atoms with E-state index < -0.39 is 5.60 Å². The minimum atomic E-state index is -0.572. The molecule has 2 heteroatoms. The lowest BCUT2D eigenvalue weighted by Crippen LogP contribution is -2.27. The van der Waals surface area contributed by atoms with E-state index in [0.29, 0.717) is 17.9 Å². The van der Waals surface area contributed by atoms with Crippen LogP contribution in [-0.2, 0) is 4.74 Å². The van der Waals surface area contributed by atoms with E-state index in [4.69, 9.17) is 4.74 Å². The van der Waals surface area contributed by atoms with E-state index >= 15 is 0 Å². The highest BCUT2D eigenvalue weighted by Crippen LogP contribution is 2.40. The van der Waals surface area contributed by atoms with E-state index in [9.17, 15) is 5.11 Å². The summed E-state index contributed by atoms with van der Waals surface area (Å²) in [5.41, 5.74) is -0.441. The third-order valence-electron chi connectivity index (χ3n) is 4.47. The maximum atomic E-state index is 9.86. The van der Waals surface area contributed by atoms with Gasteiger partial charge in [-0.25, -0.2) is 0 Å². The van der Waals surface area contributed by atoms with E-state index in [1.807, 2.05) is 13.0 Å². The molecule has 0 aromatic rings. The minimum Gasteiger partial charge on any atom is -0.386 e. The molecule has 0 aromatic heterocycles. The van der Waals surface area contributed by atoms with E-state index in [-0.39, 0.29) is 5.60 Å². The molecule has 1 aliphatic heterocycles. The second-order valence-corrected chi connectivity index (χ2v) is 6.68. The van der Waals surface area contributed by atoms with Crippen LogP contribution in [0.25, 0.3) is 0 Å². The van der Waals surface area contributed by atoms with Gasteiger partial charge in [0.05, 0.1) is 17.3 Å². The summed E-state index contributed by atoms with van der Waals surface area (Å²) in [4.78, 5) is 0. The van der Waals surface area contributed by atoms with Gasteiger partial charge in [0.2, 0.25) is 0 Å². The molecular weight excluding hydrogens is 212 g/mol. The van der Waals surface area contributed by atoms with Crippen molar-refractivity contribution in [1.29, 1.82) is 0 Å². The van der Waals surface area contributed by atoms with Crippen molar-refractivity contribution in [3.63, 3.8) is 0 Å². The molecule has 1 saturated heterocycles. The fraction of sp³-hybridized carbons (Fsp3) is 0.867. The zero-order chi connectivity index (χ0) is 12.7. The molecule has 4 atom stereocenters. The van der Waals surface area contributed by atoms with Crippen LogP contribution in [0, 0.1) is 11.8 Å². The smallest absolute Gasteiger partial charge is 0.0892 e. The number of aliphatic hydroxyl groups is 1. The Balaban J connectivity index is 1.76. The second-order valence-electron chi connectivity index (χ2n) is 6.68. The van der Waals surface area contributed by atoms with Gasteiger partial charge in [0.1, 0.15) is 0 Å². The maximum Gasteiger partial charge on any atom is 0.0892 e. The van der Waals surface area contributed by atoms with Crippen molar-refractivity contribution in [1.82, 2.24) is 0 Å². The topological polar surface area (TPSA) is 32.8 Å². The summed E-state index contributed by atoms with van der Waals surface area (Å²) in [6.07, 6.45) is 9.08. The molecule has 2 aliphatic rings. The molecule has 2 rings (SSSR count). The molecular formula is C15H26O2. The molecule has 98 valence electrons. The van der Waals surface area contributed by atoms with Crippen molar-refractivity contribution in [2.75, 3.05) is 0 Å². The van der Waals surface area contributed by atoms with E-state index in [0.717, 1.165) is 12.8 Å². The third kappa shape index (κ3) is 3.32. The molecule has 0 bridgehead atoms. The van der Waals surface area contributed by atoms with Crippen LogP contribution in [0.3, 0.4) is 0 Å². The van der Waals surface area contributed by atoms with Gasteiger partial charge in [-0.05, 0) is 58.3 Å². The summed E-state index contributed by atoms with van der Waals surface area (Å²) in [7, 11) is 0. The van der Waals surface area contributed by atoms with E-state index in [1.54, 1.807) is 0 Å². The largest absolute Gasteiger partial charge is 0.386 e. The number of hydrogen-bond donors (Lipinski definition) is 1. The molecule has 0 saturated carbocycles. The van der Waals surface area contributed by atoms with Crippen LogP contribution in [0.1, 0.15) is 53.4 Å². The Morgan fingerprint density at radius 2 is 2.06 bits per heavy atom. The van der Waals surface area contributed by atoms with Gasteiger partial charge in [-0.1, -0.05) is 19.1 Å². The number of rotatable bonds is 4. The second kappa shape index (κ2) is 4.40. The van der Waals surface area contributed by atoms with Crippen LogP contribution in [0.4, 0.5) is 0 Å². The quantitative estimate of drug-likeness (QED) is 0.602. The molecule has 1 N–H and O–H groups in total. The zero-order valence-electron chi connectivity index (χ0n) is 11.6. The van der Waals surface area contributed by atoms with Crippen LogP contribution in [0.15, 0.2) is 12.2 Å². The SMILES string of the molecule is C[C@@H](CC[C@@H]1OC1(C)C)[C@H]1C=C[C@](C)(O)CC1. The van der Waals surface area contributed by atoms with Crippen molar-refractivity contribution in [3.05, 3.63) is 12.2 Å². The van der Waals surface area contributed by atoms with Crippen molar-refractivity contribution in [3.8, 4) is 0 Å². The predicted octanol–water partition coefficient (Wildman–Crippen LogP) is 3.30. The fourth-order valence-corrected chi connectivity index (χ4v) is 2.81. The summed E-state index contributed by atoms with van der Waals surface area (Å²) in [6.45, 7) is 8.55. The Hall–Kier alpha value is -0.340. The number of hydrogen-bond acceptors (Lipinski definition) is 2. The molecule has 1 heterocycles. The lowest BCUT2D eigenvalue weighted by molar-refractivity contribution is 0.0830. The molecule has 17 heavy (non-hydrogen) atoms. The standard InChI is InChI=1S/C15H26O2/c1-11(5-6-13-14(2,3)17-13)12-7-9-15(4,16)10-8-12/h7,9,11-13,16H,5-6,8,10H2,1-4H3/t11-,12-,13-,15-/m0/s1. The fourth-order valence-electron chi connectivity index (χ4n) is 2.81. The summed E-state index contributed by atoms with van der Waals surface area (Å²) >= 11 is 0. The lowest BCUT2D eigenvalue weighted by atomic mass is 9.78. The van der Waals surface area contributed by atoms with Crippen molar-refractivity contribution in [2.45, 2.75) is 70.7 Å². The van der Waals surface area contributed by atoms with Gasteiger partial charge in [-0.15, -0.1) is 0 Å². The molecule has 1 aliphatic carbocycles. The highest BCUT2D eigenvalue weighted by Gasteiger charge is 2.47. The first-order valence-corrected chi connectivity index (χ1v) is 6.90. The predicted molar refractivity (Wildman–Crippen MR) is 69.8 cm³/mol. The van der Waals surface area contributed by atoms with Gasteiger partial charge in [0.25, 0.3) is 0 Å². The molecule has 0 aromatic carbocycles. The molecule has 0 spiro atoms. The summed E-state index contributed by atoms with van der Waals surface area (Å²) in [5, 5.41) is 9.86. The number of ether oxygens (including phenoxy) is 1. The van der Waals surface area contributed by atoms with Gasteiger partial charge >= 0.3 is 0 Å². The Morgan fingerprint density at radius 1 is 1.41 bits per heavy atom. The summed E-state index contributed by atoms with van der Waals surface area (Å²) in [5.74, 6) is 1.33. The van der Waals surface area contributed by atoms with Crippen molar-refractivity contribution >= 4 is 0 Å². The monoisotopic (exact) mass is 238 g/mol. The molecule has 1 fully saturated rings. The average Bonchev–Trinajstić information content (AvgIpc) is 2.83. The first-order valence-electron chi connectivity index (χ1n) is 6.90. The molecule has 0 amide bonds. The van der Waals surface area contributed by atoms with Crippen LogP contribution >= 0.6 is 0 Å². The van der Waals surface area contributed by atoms with E-state index in [2.05, 4.69) is 26.8 Å². The Morgan fingerprint density at radius 3 is 2.53 bits per heavy atom. The van der Waals surface area contributed by atoms with Crippen molar-refractivity contribution < 1.29 is 9.84 Å². The van der Waals surface area contributed by atoms with Crippen LogP contribution in [0.2, 0.25) is 0 Å². The van der Waals surface area contributed by atoms with Gasteiger partial charge in [-0.3, -0.25) is 0 Å².